The van der Waals surface area contributed by atoms with Crippen molar-refractivity contribution in [2.45, 2.75) is 72.4 Å². The predicted octanol–water partition coefficient (Wildman–Crippen LogP) is 6.02. The Labute approximate surface area is 303 Å². The van der Waals surface area contributed by atoms with Crippen LogP contribution in [0.4, 0.5) is 9.59 Å². The van der Waals surface area contributed by atoms with Crippen LogP contribution in [0.15, 0.2) is 48.5 Å². The molecule has 1 atom stereocenters. The first-order valence-corrected chi connectivity index (χ1v) is 16.8. The summed E-state index contributed by atoms with van der Waals surface area (Å²) in [4.78, 5) is 56.7. The summed E-state index contributed by atoms with van der Waals surface area (Å²) in [6.07, 6.45) is -0.155. The molecule has 278 valence electrons. The van der Waals surface area contributed by atoms with Crippen LogP contribution >= 0.6 is 11.6 Å². The van der Waals surface area contributed by atoms with E-state index in [0.717, 1.165) is 34.3 Å². The van der Waals surface area contributed by atoms with Gasteiger partial charge in [0.25, 0.3) is 5.09 Å². The summed E-state index contributed by atoms with van der Waals surface area (Å²) in [5.41, 5.74) is 3.21. The molecule has 0 fully saturated rings. The molecule has 0 spiro atoms. The van der Waals surface area contributed by atoms with E-state index in [1.807, 2.05) is 55.5 Å². The summed E-state index contributed by atoms with van der Waals surface area (Å²) in [5.74, 6) is 0.0997. The number of tetrazole rings is 1. The molecule has 0 bridgehead atoms. The fraction of sp³-hybridized carbons (Fsp3) is 0.424. The van der Waals surface area contributed by atoms with E-state index >= 15 is 0 Å². The molecule has 52 heavy (non-hydrogen) atoms. The van der Waals surface area contributed by atoms with Gasteiger partial charge < -0.3 is 33.1 Å². The molecule has 2 aromatic heterocycles. The number of carbonyl (C=O) groups excluding carboxylic acids is 3. The molecule has 18 nitrogen and oxygen atoms in total. The van der Waals surface area contributed by atoms with Gasteiger partial charge in [0.05, 0.1) is 19.8 Å². The largest absolute Gasteiger partial charge is 0.511 e. The van der Waals surface area contributed by atoms with Crippen LogP contribution in [0.1, 0.15) is 68.3 Å². The van der Waals surface area contributed by atoms with Crippen molar-refractivity contribution >= 4 is 29.9 Å². The second kappa shape index (κ2) is 19.6. The number of hydrogen-bond donors (Lipinski definition) is 0. The summed E-state index contributed by atoms with van der Waals surface area (Å²) < 4.78 is 26.7. The fourth-order valence-corrected chi connectivity index (χ4v) is 5.11. The zero-order valence-corrected chi connectivity index (χ0v) is 29.5. The van der Waals surface area contributed by atoms with Gasteiger partial charge in [-0.2, -0.15) is 0 Å². The molecule has 0 N–H and O–H groups in total. The van der Waals surface area contributed by atoms with Gasteiger partial charge in [0.1, 0.15) is 5.82 Å². The highest BCUT2D eigenvalue weighted by atomic mass is 35.5. The zero-order valence-electron chi connectivity index (χ0n) is 28.8. The molecule has 0 aliphatic heterocycles. The van der Waals surface area contributed by atoms with Gasteiger partial charge in [-0.1, -0.05) is 73.5 Å². The minimum absolute atomic E-state index is 0.000834. The zero-order chi connectivity index (χ0) is 37.5. The number of imidazole rings is 1. The van der Waals surface area contributed by atoms with Crippen molar-refractivity contribution in [2.75, 3.05) is 19.8 Å². The molecule has 0 saturated carbocycles. The van der Waals surface area contributed by atoms with E-state index in [1.165, 1.54) is 6.92 Å². The number of aryl methyl sites for hydroxylation is 1. The molecular formula is C33H38ClN7O11. The number of esters is 1. The summed E-state index contributed by atoms with van der Waals surface area (Å²) in [6, 6.07) is 15.1. The number of carbonyl (C=O) groups is 3. The second-order valence-corrected chi connectivity index (χ2v) is 11.4. The molecule has 0 saturated heterocycles. The van der Waals surface area contributed by atoms with Crippen LogP contribution in [0.5, 0.6) is 0 Å². The number of rotatable bonds is 19. The van der Waals surface area contributed by atoms with Crippen molar-refractivity contribution in [3.63, 3.8) is 0 Å². The Morgan fingerprint density at radius 3 is 2.37 bits per heavy atom. The third-order valence-electron chi connectivity index (χ3n) is 7.23. The topological polar surface area (TPSA) is 211 Å². The minimum atomic E-state index is -1.22. The first-order chi connectivity index (χ1) is 25.1. The number of unbranched alkanes of at least 4 members (excludes halogenated alkanes) is 2. The molecule has 0 aliphatic rings. The number of benzene rings is 2. The fourth-order valence-electron chi connectivity index (χ4n) is 4.83. The van der Waals surface area contributed by atoms with Gasteiger partial charge in [-0.25, -0.2) is 19.4 Å². The van der Waals surface area contributed by atoms with E-state index in [0.29, 0.717) is 36.5 Å². The molecule has 0 radical (unpaired) electrons. The summed E-state index contributed by atoms with van der Waals surface area (Å²) in [6.45, 7) is 4.98. The maximum absolute atomic E-state index is 13.2. The lowest BCUT2D eigenvalue weighted by molar-refractivity contribution is -0.757. The van der Waals surface area contributed by atoms with Crippen molar-refractivity contribution in [1.82, 2.24) is 29.8 Å². The predicted molar refractivity (Wildman–Crippen MR) is 181 cm³/mol. The average Bonchev–Trinajstić information content (AvgIpc) is 3.71. The second-order valence-electron chi connectivity index (χ2n) is 11.0. The van der Waals surface area contributed by atoms with Crippen LogP contribution in [0.2, 0.25) is 5.15 Å². The van der Waals surface area contributed by atoms with Gasteiger partial charge in [-0.05, 0) is 48.1 Å². The summed E-state index contributed by atoms with van der Waals surface area (Å²) >= 11 is 6.45. The SMILES string of the molecule is CCCCc1nc(Cl)c(C(=O)OC(C)OC(=O)OCC)n1Cc1ccc(-c2ccccc2-c2nnn(COC(=O)OCCCCO[N+](=O)[O-])n2)cc1. The first-order valence-electron chi connectivity index (χ1n) is 16.4. The normalized spacial score (nSPS) is 11.4. The maximum Gasteiger partial charge on any atom is 0.511 e. The lowest BCUT2D eigenvalue weighted by Crippen LogP contribution is -2.24. The number of halogens is 1. The summed E-state index contributed by atoms with van der Waals surface area (Å²) in [5, 5.41) is 21.7. The van der Waals surface area contributed by atoms with E-state index in [-0.39, 0.29) is 43.9 Å². The van der Waals surface area contributed by atoms with Gasteiger partial charge in [0.15, 0.2) is 10.8 Å². The van der Waals surface area contributed by atoms with Crippen molar-refractivity contribution < 1.29 is 48.0 Å². The Morgan fingerprint density at radius 2 is 1.65 bits per heavy atom. The van der Waals surface area contributed by atoms with Crippen LogP contribution in [0.25, 0.3) is 22.5 Å². The molecule has 0 aliphatic carbocycles. The molecule has 19 heteroatoms. The number of nitrogens with zero attached hydrogens (tertiary/aromatic N) is 7. The van der Waals surface area contributed by atoms with Gasteiger partial charge in [-0.3, -0.25) is 0 Å². The minimum Gasteiger partial charge on any atom is -0.435 e. The standard InChI is InChI=1S/C33H38ClN7O11/c1-4-6-13-27-35-29(34)28(31(42)51-22(3)52-33(44)47-5-2)39(27)20-23-14-16-24(17-15-23)25-11-7-8-12-26(25)30-36-38-40(37-30)21-49-32(43)48-18-9-10-19-50-41(45)46/h7-8,11-12,14-17,22H,4-6,9-10,13,18-21H2,1-3H3. The van der Waals surface area contributed by atoms with Crippen LogP contribution < -0.4 is 0 Å². The quantitative estimate of drug-likeness (QED) is 0.0268. The molecule has 2 heterocycles. The Hall–Kier alpha value is -5.78. The average molecular weight is 744 g/mol. The highest BCUT2D eigenvalue weighted by Gasteiger charge is 2.26. The lowest BCUT2D eigenvalue weighted by Gasteiger charge is -2.16. The molecule has 1 unspecified atom stereocenters. The van der Waals surface area contributed by atoms with Gasteiger partial charge in [0.2, 0.25) is 18.8 Å². The molecule has 2 aromatic carbocycles. The third-order valence-corrected chi connectivity index (χ3v) is 7.49. The van der Waals surface area contributed by atoms with Crippen LogP contribution in [0, 0.1) is 10.1 Å². The van der Waals surface area contributed by atoms with E-state index in [4.69, 9.17) is 35.3 Å². The third kappa shape index (κ3) is 11.4. The van der Waals surface area contributed by atoms with Crippen LogP contribution in [-0.4, -0.2) is 79.2 Å². The van der Waals surface area contributed by atoms with Crippen molar-refractivity contribution in [2.24, 2.45) is 0 Å². The summed E-state index contributed by atoms with van der Waals surface area (Å²) in [7, 11) is 0. The lowest BCUT2D eigenvalue weighted by atomic mass is 9.98. The van der Waals surface area contributed by atoms with E-state index in [2.05, 4.69) is 25.2 Å². The highest BCUT2D eigenvalue weighted by molar-refractivity contribution is 6.32. The Kier molecular flexibility index (Phi) is 14.7. The number of hydrogen-bond acceptors (Lipinski definition) is 15. The Bertz CT molecular complexity index is 1810. The molecular weight excluding hydrogens is 706 g/mol. The van der Waals surface area contributed by atoms with E-state index in [1.54, 1.807) is 11.5 Å². The highest BCUT2D eigenvalue weighted by Crippen LogP contribution is 2.30. The Morgan fingerprint density at radius 1 is 0.923 bits per heavy atom. The van der Waals surface area contributed by atoms with E-state index < -0.39 is 29.7 Å². The first kappa shape index (κ1) is 39.0. The monoisotopic (exact) mass is 743 g/mol. The van der Waals surface area contributed by atoms with Gasteiger partial charge in [-0.15, -0.1) is 25.1 Å². The van der Waals surface area contributed by atoms with Gasteiger partial charge >= 0.3 is 18.3 Å². The van der Waals surface area contributed by atoms with Crippen molar-refractivity contribution in [3.05, 3.63) is 80.9 Å². The van der Waals surface area contributed by atoms with Crippen molar-refractivity contribution in [3.8, 4) is 22.5 Å². The molecule has 4 rings (SSSR count). The smallest absolute Gasteiger partial charge is 0.435 e. The maximum atomic E-state index is 13.2. The van der Waals surface area contributed by atoms with Gasteiger partial charge in [0, 0.05) is 25.5 Å². The molecule has 0 amide bonds. The van der Waals surface area contributed by atoms with Crippen LogP contribution in [0.3, 0.4) is 0 Å². The number of ether oxygens (including phenoxy) is 5. The Balaban J connectivity index is 1.43. The van der Waals surface area contributed by atoms with Crippen molar-refractivity contribution in [1.29, 1.82) is 0 Å². The molecule has 4 aromatic rings. The van der Waals surface area contributed by atoms with Crippen LogP contribution in [-0.2, 0) is 48.2 Å². The number of aromatic nitrogens is 6. The van der Waals surface area contributed by atoms with E-state index in [9.17, 15) is 24.5 Å².